The van der Waals surface area contributed by atoms with Crippen molar-refractivity contribution >= 4 is 11.8 Å². The number of rotatable bonds is 1. The molecule has 20 heavy (non-hydrogen) atoms. The van der Waals surface area contributed by atoms with Crippen molar-refractivity contribution in [3.05, 3.63) is 0 Å². The van der Waals surface area contributed by atoms with Crippen molar-refractivity contribution in [3.63, 3.8) is 0 Å². The number of carbonyl (C=O) groups excluding carboxylic acids is 2. The van der Waals surface area contributed by atoms with Gasteiger partial charge in [0.1, 0.15) is 12.6 Å². The smallest absolute Gasteiger partial charge is 0.246 e. The molecule has 0 aromatic carbocycles. The zero-order valence-electron chi connectivity index (χ0n) is 12.4. The molecule has 2 aliphatic heterocycles. The third-order valence-corrected chi connectivity index (χ3v) is 5.21. The normalized spacial score (nSPS) is 29.9. The van der Waals surface area contributed by atoms with Crippen LogP contribution in [-0.4, -0.2) is 46.8 Å². The average molecular weight is 278 g/mol. The monoisotopic (exact) mass is 278 g/mol. The van der Waals surface area contributed by atoms with Gasteiger partial charge in [0, 0.05) is 12.6 Å². The van der Waals surface area contributed by atoms with Gasteiger partial charge in [0.05, 0.1) is 0 Å². The summed E-state index contributed by atoms with van der Waals surface area (Å²) in [6, 6.07) is 0.172. The highest BCUT2D eigenvalue weighted by Gasteiger charge is 2.42. The summed E-state index contributed by atoms with van der Waals surface area (Å²) in [6.07, 6.45) is 11.5. The molecule has 1 atom stereocenters. The Balaban J connectivity index is 1.72. The lowest BCUT2D eigenvalue weighted by molar-refractivity contribution is -0.160. The molecule has 1 unspecified atom stereocenters. The molecule has 1 aliphatic carbocycles. The first-order valence-corrected chi connectivity index (χ1v) is 8.37. The summed E-state index contributed by atoms with van der Waals surface area (Å²) in [6.45, 7) is 1.12. The van der Waals surface area contributed by atoms with Crippen molar-refractivity contribution in [3.8, 4) is 0 Å². The average Bonchev–Trinajstić information content (AvgIpc) is 2.43. The van der Waals surface area contributed by atoms with Crippen molar-refractivity contribution in [1.82, 2.24) is 9.80 Å². The zero-order chi connectivity index (χ0) is 13.9. The Labute approximate surface area is 121 Å². The molecule has 112 valence electrons. The maximum atomic E-state index is 12.7. The Morgan fingerprint density at radius 2 is 1.40 bits per heavy atom. The first kappa shape index (κ1) is 13.9. The van der Waals surface area contributed by atoms with Crippen LogP contribution in [-0.2, 0) is 9.59 Å². The predicted molar refractivity (Wildman–Crippen MR) is 77.2 cm³/mol. The molecule has 3 fully saturated rings. The molecule has 2 amide bonds. The van der Waals surface area contributed by atoms with Crippen molar-refractivity contribution in [1.29, 1.82) is 0 Å². The van der Waals surface area contributed by atoms with Crippen molar-refractivity contribution in [2.75, 3.05) is 13.1 Å². The van der Waals surface area contributed by atoms with Crippen molar-refractivity contribution < 1.29 is 9.59 Å². The third kappa shape index (κ3) is 2.70. The second-order valence-electron chi connectivity index (χ2n) is 6.56. The second-order valence-corrected chi connectivity index (χ2v) is 6.56. The number of nitrogens with zero attached hydrogens (tertiary/aromatic N) is 2. The van der Waals surface area contributed by atoms with Gasteiger partial charge in [-0.15, -0.1) is 0 Å². The van der Waals surface area contributed by atoms with E-state index in [0.29, 0.717) is 12.6 Å². The lowest BCUT2D eigenvalue weighted by Gasteiger charge is -2.45. The molecule has 3 aliphatic rings. The highest BCUT2D eigenvalue weighted by molar-refractivity contribution is 5.95. The standard InChI is InChI=1S/C16H26N2O2/c19-15-12-18(13-8-4-2-1-3-5-9-13)16(20)14-10-6-7-11-17(14)15/h13-14H,1-12H2. The van der Waals surface area contributed by atoms with Gasteiger partial charge >= 0.3 is 0 Å². The van der Waals surface area contributed by atoms with Crippen LogP contribution in [0.15, 0.2) is 0 Å². The molecule has 4 heteroatoms. The van der Waals surface area contributed by atoms with Gasteiger partial charge < -0.3 is 9.80 Å². The molecular weight excluding hydrogens is 252 g/mol. The molecule has 0 aromatic heterocycles. The second kappa shape index (κ2) is 6.15. The lowest BCUT2D eigenvalue weighted by Crippen LogP contribution is -2.63. The third-order valence-electron chi connectivity index (χ3n) is 5.21. The maximum absolute atomic E-state index is 12.7. The highest BCUT2D eigenvalue weighted by Crippen LogP contribution is 2.28. The van der Waals surface area contributed by atoms with Gasteiger partial charge in [0.15, 0.2) is 0 Å². The molecule has 2 saturated heterocycles. The van der Waals surface area contributed by atoms with Crippen LogP contribution in [0.5, 0.6) is 0 Å². The number of piperazine rings is 1. The summed E-state index contributed by atoms with van der Waals surface area (Å²) in [5.41, 5.74) is 0. The molecule has 0 aromatic rings. The van der Waals surface area contributed by atoms with Gasteiger partial charge in [-0.05, 0) is 32.1 Å². The molecule has 0 N–H and O–H groups in total. The largest absolute Gasteiger partial charge is 0.329 e. The SMILES string of the molecule is O=C1C2CCCCN2C(=O)CN1C1CCCCCCC1. The summed E-state index contributed by atoms with van der Waals surface area (Å²) in [7, 11) is 0. The van der Waals surface area contributed by atoms with Gasteiger partial charge in [0.2, 0.25) is 11.8 Å². The van der Waals surface area contributed by atoms with Crippen molar-refractivity contribution in [2.24, 2.45) is 0 Å². The van der Waals surface area contributed by atoms with Gasteiger partial charge in [-0.2, -0.15) is 0 Å². The minimum absolute atomic E-state index is 0.143. The summed E-state index contributed by atoms with van der Waals surface area (Å²) in [5, 5.41) is 0. The Bertz CT molecular complexity index is 375. The minimum Gasteiger partial charge on any atom is -0.329 e. The zero-order valence-corrected chi connectivity index (χ0v) is 12.4. The van der Waals surface area contributed by atoms with Crippen LogP contribution in [0, 0.1) is 0 Å². The van der Waals surface area contributed by atoms with Crippen molar-refractivity contribution in [2.45, 2.75) is 76.3 Å². The maximum Gasteiger partial charge on any atom is 0.246 e. The Morgan fingerprint density at radius 3 is 2.15 bits per heavy atom. The first-order chi connectivity index (χ1) is 9.77. The Kier molecular flexibility index (Phi) is 4.27. The quantitative estimate of drug-likeness (QED) is 0.738. The topological polar surface area (TPSA) is 40.6 Å². The van der Waals surface area contributed by atoms with Crippen LogP contribution in [0.4, 0.5) is 0 Å². The summed E-state index contributed by atoms with van der Waals surface area (Å²) >= 11 is 0. The van der Waals surface area contributed by atoms with E-state index < -0.39 is 0 Å². The van der Waals surface area contributed by atoms with E-state index in [4.69, 9.17) is 0 Å². The van der Waals surface area contributed by atoms with Crippen LogP contribution in [0.25, 0.3) is 0 Å². The van der Waals surface area contributed by atoms with Gasteiger partial charge in [-0.25, -0.2) is 0 Å². The number of piperidine rings is 1. The van der Waals surface area contributed by atoms with E-state index in [2.05, 4.69) is 0 Å². The number of carbonyl (C=O) groups is 2. The number of fused-ring (bicyclic) bond motifs is 1. The van der Waals surface area contributed by atoms with Crippen LogP contribution in [0.1, 0.15) is 64.2 Å². The van der Waals surface area contributed by atoms with E-state index in [-0.39, 0.29) is 17.9 Å². The molecule has 4 nitrogen and oxygen atoms in total. The molecule has 0 radical (unpaired) electrons. The van der Waals surface area contributed by atoms with E-state index in [1.54, 1.807) is 0 Å². The van der Waals surface area contributed by atoms with Crippen LogP contribution in [0.2, 0.25) is 0 Å². The first-order valence-electron chi connectivity index (χ1n) is 8.37. The van der Waals surface area contributed by atoms with Crippen LogP contribution >= 0.6 is 0 Å². The fourth-order valence-electron chi connectivity index (χ4n) is 4.05. The van der Waals surface area contributed by atoms with E-state index in [9.17, 15) is 9.59 Å². The van der Waals surface area contributed by atoms with Gasteiger partial charge in [-0.1, -0.05) is 32.1 Å². The van der Waals surface area contributed by atoms with Crippen LogP contribution < -0.4 is 0 Å². The van der Waals surface area contributed by atoms with E-state index in [1.807, 2.05) is 9.80 Å². The molecule has 0 bridgehead atoms. The molecule has 3 rings (SSSR count). The number of hydrogen-bond donors (Lipinski definition) is 0. The van der Waals surface area contributed by atoms with E-state index >= 15 is 0 Å². The van der Waals surface area contributed by atoms with Crippen LogP contribution in [0.3, 0.4) is 0 Å². The molecule has 2 heterocycles. The molecule has 1 saturated carbocycles. The highest BCUT2D eigenvalue weighted by atomic mass is 16.2. The number of amides is 2. The minimum atomic E-state index is -0.143. The predicted octanol–water partition coefficient (Wildman–Crippen LogP) is 2.32. The summed E-state index contributed by atoms with van der Waals surface area (Å²) < 4.78 is 0. The fourth-order valence-corrected chi connectivity index (χ4v) is 4.05. The lowest BCUT2D eigenvalue weighted by atomic mass is 9.92. The van der Waals surface area contributed by atoms with Gasteiger partial charge in [-0.3, -0.25) is 9.59 Å². The Hall–Kier alpha value is -1.06. The Morgan fingerprint density at radius 1 is 0.750 bits per heavy atom. The number of hydrogen-bond acceptors (Lipinski definition) is 2. The molecule has 0 spiro atoms. The summed E-state index contributed by atoms with van der Waals surface area (Å²) in [4.78, 5) is 28.8. The van der Waals surface area contributed by atoms with Gasteiger partial charge in [0.25, 0.3) is 0 Å². The fraction of sp³-hybridized carbons (Fsp3) is 0.875. The van der Waals surface area contributed by atoms with E-state index in [0.717, 1.165) is 38.6 Å². The summed E-state index contributed by atoms with van der Waals surface area (Å²) in [5.74, 6) is 0.409. The van der Waals surface area contributed by atoms with E-state index in [1.165, 1.54) is 32.1 Å². The molecular formula is C16H26N2O2.